The first-order chi connectivity index (χ1) is 9.20. The molecule has 0 aliphatic heterocycles. The van der Waals surface area contributed by atoms with Gasteiger partial charge in [0, 0.05) is 12.7 Å². The first-order valence-electron chi connectivity index (χ1n) is 6.01. The van der Waals surface area contributed by atoms with Crippen molar-refractivity contribution in [3.05, 3.63) is 18.3 Å². The van der Waals surface area contributed by atoms with Gasteiger partial charge >= 0.3 is 6.18 Å². The van der Waals surface area contributed by atoms with E-state index in [1.165, 1.54) is 12.1 Å². The number of hydrogen-bond acceptors (Lipinski definition) is 4. The van der Waals surface area contributed by atoms with E-state index in [0.29, 0.717) is 12.4 Å². The van der Waals surface area contributed by atoms with Crippen LogP contribution in [0.4, 0.5) is 19.0 Å². The van der Waals surface area contributed by atoms with Crippen LogP contribution in [0, 0.1) is 0 Å². The van der Waals surface area contributed by atoms with Crippen molar-refractivity contribution in [1.82, 2.24) is 9.71 Å². The second-order valence-corrected chi connectivity index (χ2v) is 6.28. The molecule has 0 spiro atoms. The van der Waals surface area contributed by atoms with Gasteiger partial charge in [0.05, 0.1) is 0 Å². The lowest BCUT2D eigenvalue weighted by atomic mass is 10.3. The Bertz CT molecular complexity index is 580. The zero-order chi connectivity index (χ0) is 15.0. The molecule has 0 bridgehead atoms. The van der Waals surface area contributed by atoms with Gasteiger partial charge in [-0.2, -0.15) is 17.9 Å². The van der Waals surface area contributed by atoms with Crippen LogP contribution in [0.5, 0.6) is 0 Å². The molecule has 9 heteroatoms. The normalized spacial score (nSPS) is 17.8. The van der Waals surface area contributed by atoms with E-state index in [9.17, 15) is 21.6 Å². The molecular formula is C11H14F3N3O2S. The van der Waals surface area contributed by atoms with Crippen LogP contribution >= 0.6 is 0 Å². The van der Waals surface area contributed by atoms with Gasteiger partial charge in [0.15, 0.2) is 0 Å². The molecule has 2 rings (SSSR count). The first kappa shape index (κ1) is 15.0. The number of nitrogens with one attached hydrogen (secondary N) is 2. The summed E-state index contributed by atoms with van der Waals surface area (Å²) in [6.07, 6.45) is -4.03. The van der Waals surface area contributed by atoms with E-state index in [4.69, 9.17) is 0 Å². The maximum Gasteiger partial charge on any atom is 0.407 e. The molecule has 0 unspecified atom stereocenters. The number of nitrogens with zero attached hydrogens (tertiary/aromatic N) is 1. The summed E-state index contributed by atoms with van der Waals surface area (Å²) in [5.41, 5.74) is -2.31. The van der Waals surface area contributed by atoms with Crippen LogP contribution in [0.25, 0.3) is 0 Å². The molecule has 0 atom stereocenters. The van der Waals surface area contributed by atoms with Crippen LogP contribution in [0.2, 0.25) is 0 Å². The zero-order valence-corrected chi connectivity index (χ0v) is 11.5. The van der Waals surface area contributed by atoms with E-state index in [0.717, 1.165) is 6.20 Å². The lowest BCUT2D eigenvalue weighted by Crippen LogP contribution is -2.47. The SMILES string of the molecule is CCNc1ccc(S(=O)(=O)NC2(C(F)(F)F)CC2)cn1. The fourth-order valence-electron chi connectivity index (χ4n) is 1.71. The highest BCUT2D eigenvalue weighted by molar-refractivity contribution is 7.89. The van der Waals surface area contributed by atoms with Crippen molar-refractivity contribution in [3.63, 3.8) is 0 Å². The highest BCUT2D eigenvalue weighted by atomic mass is 32.2. The van der Waals surface area contributed by atoms with Gasteiger partial charge in [-0.05, 0) is 31.9 Å². The van der Waals surface area contributed by atoms with Crippen molar-refractivity contribution in [2.75, 3.05) is 11.9 Å². The third-order valence-electron chi connectivity index (χ3n) is 3.03. The van der Waals surface area contributed by atoms with Crippen LogP contribution in [0.3, 0.4) is 0 Å². The van der Waals surface area contributed by atoms with Crippen molar-refractivity contribution in [1.29, 1.82) is 0 Å². The molecule has 0 amide bonds. The van der Waals surface area contributed by atoms with Gasteiger partial charge in [0.1, 0.15) is 16.3 Å². The number of pyridine rings is 1. The molecule has 1 aliphatic carbocycles. The van der Waals surface area contributed by atoms with E-state index in [1.54, 1.807) is 4.72 Å². The Balaban J connectivity index is 2.19. The quantitative estimate of drug-likeness (QED) is 0.871. The number of anilines is 1. The number of alkyl halides is 3. The van der Waals surface area contributed by atoms with Crippen molar-refractivity contribution >= 4 is 15.8 Å². The number of halogens is 3. The summed E-state index contributed by atoms with van der Waals surface area (Å²) >= 11 is 0. The number of sulfonamides is 1. The zero-order valence-electron chi connectivity index (χ0n) is 10.7. The second-order valence-electron chi connectivity index (χ2n) is 4.59. The van der Waals surface area contributed by atoms with Crippen LogP contribution in [0.15, 0.2) is 23.2 Å². The van der Waals surface area contributed by atoms with E-state index < -0.39 is 21.7 Å². The summed E-state index contributed by atoms with van der Waals surface area (Å²) in [5.74, 6) is 0.461. The smallest absolute Gasteiger partial charge is 0.370 e. The van der Waals surface area contributed by atoms with Gasteiger partial charge in [-0.25, -0.2) is 13.4 Å². The van der Waals surface area contributed by atoms with Gasteiger partial charge in [-0.3, -0.25) is 0 Å². The summed E-state index contributed by atoms with van der Waals surface area (Å²) in [6, 6.07) is 2.63. The largest absolute Gasteiger partial charge is 0.407 e. The van der Waals surface area contributed by atoms with Crippen LogP contribution in [0.1, 0.15) is 19.8 Å². The Morgan fingerprint density at radius 2 is 2.00 bits per heavy atom. The second kappa shape index (κ2) is 4.88. The third-order valence-corrected chi connectivity index (χ3v) is 4.55. The Kier molecular flexibility index (Phi) is 3.67. The van der Waals surface area contributed by atoms with Gasteiger partial charge in [-0.15, -0.1) is 0 Å². The minimum atomic E-state index is -4.59. The molecule has 112 valence electrons. The lowest BCUT2D eigenvalue weighted by molar-refractivity contribution is -0.160. The van der Waals surface area contributed by atoms with Gasteiger partial charge in [-0.1, -0.05) is 0 Å². The van der Waals surface area contributed by atoms with Gasteiger partial charge < -0.3 is 5.32 Å². The predicted molar refractivity (Wildman–Crippen MR) is 66.7 cm³/mol. The Morgan fingerprint density at radius 1 is 1.35 bits per heavy atom. The van der Waals surface area contributed by atoms with Crippen molar-refractivity contribution < 1.29 is 21.6 Å². The highest BCUT2D eigenvalue weighted by Gasteiger charge is 2.65. The molecule has 1 aliphatic rings. The number of aromatic nitrogens is 1. The molecule has 1 aromatic rings. The van der Waals surface area contributed by atoms with Gasteiger partial charge in [0.2, 0.25) is 10.0 Å². The standard InChI is InChI=1S/C11H14F3N3O2S/c1-2-15-9-4-3-8(7-16-9)20(18,19)17-10(5-6-10)11(12,13)14/h3-4,7,17H,2,5-6H2,1H3,(H,15,16). The average Bonchev–Trinajstić information content (AvgIpc) is 3.10. The van der Waals surface area contributed by atoms with Crippen LogP contribution in [-0.2, 0) is 10.0 Å². The van der Waals surface area contributed by atoms with E-state index in [1.807, 2.05) is 6.92 Å². The molecular weight excluding hydrogens is 295 g/mol. The van der Waals surface area contributed by atoms with Crippen LogP contribution in [-0.4, -0.2) is 31.7 Å². The molecule has 2 N–H and O–H groups in total. The van der Waals surface area contributed by atoms with Gasteiger partial charge in [0.25, 0.3) is 0 Å². The van der Waals surface area contributed by atoms with Crippen molar-refractivity contribution in [2.45, 2.75) is 36.4 Å². The molecule has 0 aromatic carbocycles. The Hall–Kier alpha value is -1.35. The number of hydrogen-bond donors (Lipinski definition) is 2. The number of rotatable bonds is 5. The fraction of sp³-hybridized carbons (Fsp3) is 0.545. The van der Waals surface area contributed by atoms with Crippen LogP contribution < -0.4 is 10.0 Å². The third kappa shape index (κ3) is 2.88. The summed E-state index contributed by atoms with van der Waals surface area (Å²) < 4.78 is 63.9. The summed E-state index contributed by atoms with van der Waals surface area (Å²) in [4.78, 5) is 3.55. The first-order valence-corrected chi connectivity index (χ1v) is 7.49. The van der Waals surface area contributed by atoms with Crippen molar-refractivity contribution in [2.24, 2.45) is 0 Å². The molecule has 20 heavy (non-hydrogen) atoms. The van der Waals surface area contributed by atoms with Crippen molar-refractivity contribution in [3.8, 4) is 0 Å². The van der Waals surface area contributed by atoms with E-state index in [-0.39, 0.29) is 17.7 Å². The molecule has 1 fully saturated rings. The minimum Gasteiger partial charge on any atom is -0.370 e. The molecule has 1 saturated carbocycles. The fourth-order valence-corrected chi connectivity index (χ4v) is 3.10. The molecule has 1 heterocycles. The Morgan fingerprint density at radius 3 is 2.40 bits per heavy atom. The summed E-state index contributed by atoms with van der Waals surface area (Å²) in [6.45, 7) is 2.45. The molecule has 1 aromatic heterocycles. The Labute approximate surface area is 114 Å². The predicted octanol–water partition coefficient (Wildman–Crippen LogP) is 1.89. The van der Waals surface area contributed by atoms with E-state index >= 15 is 0 Å². The monoisotopic (exact) mass is 309 g/mol. The highest BCUT2D eigenvalue weighted by Crippen LogP contribution is 2.49. The molecule has 0 saturated heterocycles. The molecule has 0 radical (unpaired) electrons. The summed E-state index contributed by atoms with van der Waals surface area (Å²) in [7, 11) is -4.23. The topological polar surface area (TPSA) is 71.1 Å². The lowest BCUT2D eigenvalue weighted by Gasteiger charge is -2.20. The van der Waals surface area contributed by atoms with E-state index in [2.05, 4.69) is 10.3 Å². The maximum atomic E-state index is 12.8. The average molecular weight is 309 g/mol. The summed E-state index contributed by atoms with van der Waals surface area (Å²) in [5, 5.41) is 2.86. The maximum absolute atomic E-state index is 12.8. The molecule has 5 nitrogen and oxygen atoms in total. The minimum absolute atomic E-state index is 0.237.